The van der Waals surface area contributed by atoms with Gasteiger partial charge in [-0.05, 0) is 18.4 Å². The molecule has 144 valence electrons. The third-order valence-corrected chi connectivity index (χ3v) is 7.39. The van der Waals surface area contributed by atoms with Crippen LogP contribution < -0.4 is 15.6 Å². The summed E-state index contributed by atoms with van der Waals surface area (Å²) in [6, 6.07) is 7.33. The SMILES string of the molecule is COc1ccccc1C1CC(C(=O)N2CC(S(=O)(=O)CC(C)C)C2)NN1. The fourth-order valence-electron chi connectivity index (χ4n) is 3.54. The quantitative estimate of drug-likeness (QED) is 0.761. The van der Waals surface area contributed by atoms with Crippen LogP contribution >= 0.6 is 0 Å². The summed E-state index contributed by atoms with van der Waals surface area (Å²) in [6.07, 6.45) is 0.596. The highest BCUT2D eigenvalue weighted by Gasteiger charge is 2.43. The molecule has 3 rings (SSSR count). The molecule has 2 unspecified atom stereocenters. The summed E-state index contributed by atoms with van der Waals surface area (Å²) >= 11 is 0. The number of methoxy groups -OCH3 is 1. The van der Waals surface area contributed by atoms with Gasteiger partial charge in [-0.2, -0.15) is 0 Å². The van der Waals surface area contributed by atoms with E-state index in [0.717, 1.165) is 11.3 Å². The molecule has 8 heteroatoms. The number of carbonyl (C=O) groups excluding carboxylic acids is 1. The summed E-state index contributed by atoms with van der Waals surface area (Å²) in [4.78, 5) is 14.3. The zero-order valence-corrected chi connectivity index (χ0v) is 16.3. The van der Waals surface area contributed by atoms with Gasteiger partial charge in [0, 0.05) is 18.7 Å². The van der Waals surface area contributed by atoms with Crippen LogP contribution in [0.3, 0.4) is 0 Å². The van der Waals surface area contributed by atoms with E-state index in [-0.39, 0.29) is 29.7 Å². The Morgan fingerprint density at radius 2 is 1.96 bits per heavy atom. The minimum Gasteiger partial charge on any atom is -0.496 e. The first-order valence-corrected chi connectivity index (χ1v) is 10.7. The molecular formula is C18H27N3O4S. The van der Waals surface area contributed by atoms with Gasteiger partial charge < -0.3 is 9.64 Å². The maximum atomic E-state index is 12.7. The highest BCUT2D eigenvalue weighted by Crippen LogP contribution is 2.31. The van der Waals surface area contributed by atoms with Crippen LogP contribution in [0.1, 0.15) is 31.9 Å². The van der Waals surface area contributed by atoms with E-state index in [9.17, 15) is 13.2 Å². The van der Waals surface area contributed by atoms with Gasteiger partial charge in [-0.15, -0.1) is 0 Å². The maximum Gasteiger partial charge on any atom is 0.241 e. The summed E-state index contributed by atoms with van der Waals surface area (Å²) in [5, 5.41) is -0.423. The van der Waals surface area contributed by atoms with Crippen LogP contribution in [-0.4, -0.2) is 56.5 Å². The lowest BCUT2D eigenvalue weighted by Crippen LogP contribution is -2.61. The molecule has 0 spiro atoms. The molecule has 0 aliphatic carbocycles. The number of sulfone groups is 1. The standard InChI is InChI=1S/C18H27N3O4S/c1-12(2)11-26(23,24)13-9-21(10-13)18(22)16-8-15(19-20-16)14-6-4-5-7-17(14)25-3/h4-7,12-13,15-16,19-20H,8-11H2,1-3H3. The number of benzene rings is 1. The van der Waals surface area contributed by atoms with E-state index in [1.54, 1.807) is 12.0 Å². The summed E-state index contributed by atoms with van der Waals surface area (Å²) in [6.45, 7) is 4.38. The Morgan fingerprint density at radius 1 is 1.27 bits per heavy atom. The number of rotatable bonds is 6. The molecule has 1 amide bonds. The molecule has 2 N–H and O–H groups in total. The normalized spacial score (nSPS) is 23.9. The highest BCUT2D eigenvalue weighted by molar-refractivity contribution is 7.92. The van der Waals surface area contributed by atoms with E-state index in [1.807, 2.05) is 38.1 Å². The van der Waals surface area contributed by atoms with Crippen molar-refractivity contribution in [2.24, 2.45) is 5.92 Å². The average Bonchev–Trinajstić information content (AvgIpc) is 3.01. The van der Waals surface area contributed by atoms with Crippen molar-refractivity contribution in [3.8, 4) is 5.75 Å². The van der Waals surface area contributed by atoms with E-state index in [1.165, 1.54) is 0 Å². The van der Waals surface area contributed by atoms with E-state index >= 15 is 0 Å². The van der Waals surface area contributed by atoms with Crippen LogP contribution in [0.25, 0.3) is 0 Å². The number of hydrogen-bond donors (Lipinski definition) is 2. The van der Waals surface area contributed by atoms with Gasteiger partial charge in [-0.1, -0.05) is 32.0 Å². The largest absolute Gasteiger partial charge is 0.496 e. The first-order valence-electron chi connectivity index (χ1n) is 8.96. The number of hydrazine groups is 1. The predicted octanol–water partition coefficient (Wildman–Crippen LogP) is 0.884. The second-order valence-corrected chi connectivity index (χ2v) is 9.79. The second-order valence-electron chi connectivity index (χ2n) is 7.46. The van der Waals surface area contributed by atoms with Crippen molar-refractivity contribution in [1.82, 2.24) is 15.8 Å². The molecule has 7 nitrogen and oxygen atoms in total. The van der Waals surface area contributed by atoms with Gasteiger partial charge in [-0.25, -0.2) is 19.3 Å². The van der Waals surface area contributed by atoms with Crippen molar-refractivity contribution < 1.29 is 17.9 Å². The minimum atomic E-state index is -3.12. The summed E-state index contributed by atoms with van der Waals surface area (Å²) in [5.74, 6) is 1.01. The van der Waals surface area contributed by atoms with Crippen LogP contribution in [0.15, 0.2) is 24.3 Å². The van der Waals surface area contributed by atoms with E-state index in [4.69, 9.17) is 4.74 Å². The van der Waals surface area contributed by atoms with E-state index in [0.29, 0.717) is 19.5 Å². The lowest BCUT2D eigenvalue weighted by molar-refractivity contribution is -0.136. The minimum absolute atomic E-state index is 0.0261. The summed E-state index contributed by atoms with van der Waals surface area (Å²) in [5.41, 5.74) is 7.20. The monoisotopic (exact) mass is 381 g/mol. The number of likely N-dealkylation sites (tertiary alicyclic amines) is 1. The number of hydrogen-bond acceptors (Lipinski definition) is 6. The van der Waals surface area contributed by atoms with Gasteiger partial charge >= 0.3 is 0 Å². The predicted molar refractivity (Wildman–Crippen MR) is 99.4 cm³/mol. The fraction of sp³-hybridized carbons (Fsp3) is 0.611. The van der Waals surface area contributed by atoms with Gasteiger partial charge in [0.2, 0.25) is 5.91 Å². The van der Waals surface area contributed by atoms with Gasteiger partial charge in [0.1, 0.15) is 11.8 Å². The first kappa shape index (κ1) is 19.1. The topological polar surface area (TPSA) is 87.7 Å². The van der Waals surface area contributed by atoms with Gasteiger partial charge in [-0.3, -0.25) is 4.79 Å². The third-order valence-electron chi connectivity index (χ3n) is 4.95. The molecule has 1 aromatic carbocycles. The van der Waals surface area contributed by atoms with Crippen LogP contribution in [-0.2, 0) is 14.6 Å². The second kappa shape index (κ2) is 7.54. The molecule has 0 saturated carbocycles. The molecule has 0 aromatic heterocycles. The molecule has 2 atom stereocenters. The molecule has 2 fully saturated rings. The average molecular weight is 381 g/mol. The van der Waals surface area contributed by atoms with Crippen molar-refractivity contribution in [2.45, 2.75) is 37.6 Å². The summed E-state index contributed by atoms with van der Waals surface area (Å²) < 4.78 is 29.9. The Labute approximate surface area is 155 Å². The molecule has 2 heterocycles. The van der Waals surface area contributed by atoms with Crippen molar-refractivity contribution in [1.29, 1.82) is 0 Å². The smallest absolute Gasteiger partial charge is 0.241 e. The zero-order chi connectivity index (χ0) is 18.9. The molecule has 2 aliphatic rings. The Hall–Kier alpha value is -1.64. The number of para-hydroxylation sites is 1. The van der Waals surface area contributed by atoms with Gasteiger partial charge in [0.25, 0.3) is 0 Å². The summed E-state index contributed by atoms with van der Waals surface area (Å²) in [7, 11) is -1.50. The molecule has 0 radical (unpaired) electrons. The Kier molecular flexibility index (Phi) is 5.55. The van der Waals surface area contributed by atoms with Crippen LogP contribution in [0.4, 0.5) is 0 Å². The van der Waals surface area contributed by atoms with E-state index < -0.39 is 15.1 Å². The number of carbonyl (C=O) groups is 1. The van der Waals surface area contributed by atoms with Crippen molar-refractivity contribution in [3.05, 3.63) is 29.8 Å². The van der Waals surface area contributed by atoms with Crippen molar-refractivity contribution in [3.63, 3.8) is 0 Å². The number of nitrogens with zero attached hydrogens (tertiary/aromatic N) is 1. The molecular weight excluding hydrogens is 354 g/mol. The molecule has 2 saturated heterocycles. The van der Waals surface area contributed by atoms with Gasteiger partial charge in [0.15, 0.2) is 9.84 Å². The van der Waals surface area contributed by atoms with Crippen molar-refractivity contribution >= 4 is 15.7 Å². The molecule has 2 aliphatic heterocycles. The number of nitrogens with one attached hydrogen (secondary N) is 2. The van der Waals surface area contributed by atoms with Crippen molar-refractivity contribution in [2.75, 3.05) is 26.0 Å². The Morgan fingerprint density at radius 3 is 2.62 bits per heavy atom. The van der Waals surface area contributed by atoms with Crippen LogP contribution in [0.2, 0.25) is 0 Å². The highest BCUT2D eigenvalue weighted by atomic mass is 32.2. The number of amides is 1. The zero-order valence-electron chi connectivity index (χ0n) is 15.4. The maximum absolute atomic E-state index is 12.7. The Balaban J connectivity index is 1.56. The molecule has 1 aromatic rings. The fourth-order valence-corrected chi connectivity index (χ4v) is 5.56. The van der Waals surface area contributed by atoms with Crippen LogP contribution in [0, 0.1) is 5.92 Å². The Bertz CT molecular complexity index is 759. The lowest BCUT2D eigenvalue weighted by Gasteiger charge is -2.40. The number of ether oxygens (including phenoxy) is 1. The first-order chi connectivity index (χ1) is 12.3. The third kappa shape index (κ3) is 3.87. The van der Waals surface area contributed by atoms with Gasteiger partial charge in [0.05, 0.1) is 24.2 Å². The van der Waals surface area contributed by atoms with E-state index in [2.05, 4.69) is 10.9 Å². The lowest BCUT2D eigenvalue weighted by atomic mass is 10.00. The molecule has 26 heavy (non-hydrogen) atoms. The van der Waals surface area contributed by atoms with Crippen LogP contribution in [0.5, 0.6) is 5.75 Å². The molecule has 0 bridgehead atoms.